The van der Waals surface area contributed by atoms with Crippen LogP contribution in [0.4, 0.5) is 5.69 Å². The molecule has 3 aromatic rings. The number of nitrogens with zero attached hydrogens (tertiary/aromatic N) is 3. The van der Waals surface area contributed by atoms with Gasteiger partial charge in [-0.15, -0.1) is 11.3 Å². The number of hydrogen-bond acceptors (Lipinski definition) is 9. The minimum absolute atomic E-state index is 0.0649. The Kier molecular flexibility index (Phi) is 6.63. The van der Waals surface area contributed by atoms with Gasteiger partial charge in [-0.05, 0) is 30.0 Å². The number of benzene rings is 1. The molecule has 170 valence electrons. The zero-order chi connectivity index (χ0) is 23.5. The van der Waals surface area contributed by atoms with E-state index >= 15 is 0 Å². The van der Waals surface area contributed by atoms with Crippen LogP contribution in [0.15, 0.2) is 62.8 Å². The monoisotopic (exact) mass is 485 g/mol. The molecule has 0 fully saturated rings. The molecule has 3 heterocycles. The molecule has 9 nitrogen and oxygen atoms in total. The zero-order valence-corrected chi connectivity index (χ0v) is 19.4. The third-order valence-corrected chi connectivity index (χ3v) is 6.86. The lowest BCUT2D eigenvalue weighted by atomic mass is 10.0. The van der Waals surface area contributed by atoms with Crippen LogP contribution in [-0.4, -0.2) is 35.8 Å². The molecule has 0 amide bonds. The first-order valence-electron chi connectivity index (χ1n) is 9.87. The Bertz CT molecular complexity index is 1420. The van der Waals surface area contributed by atoms with E-state index in [1.165, 1.54) is 46.5 Å². The van der Waals surface area contributed by atoms with E-state index in [1.807, 2.05) is 17.5 Å². The summed E-state index contributed by atoms with van der Waals surface area (Å²) in [6.07, 6.45) is 1.60. The second kappa shape index (κ2) is 9.61. The van der Waals surface area contributed by atoms with Crippen LogP contribution >= 0.6 is 22.7 Å². The average molecular weight is 486 g/mol. The second-order valence-corrected chi connectivity index (χ2v) is 9.07. The van der Waals surface area contributed by atoms with E-state index in [2.05, 4.69) is 4.99 Å². The molecule has 0 spiro atoms. The molecule has 2 aromatic heterocycles. The average Bonchev–Trinajstić information content (AvgIpc) is 3.42. The fourth-order valence-electron chi connectivity index (χ4n) is 3.47. The van der Waals surface area contributed by atoms with Crippen molar-refractivity contribution in [2.24, 2.45) is 4.99 Å². The molecule has 1 atom stereocenters. The lowest BCUT2D eigenvalue weighted by Crippen LogP contribution is -2.39. The van der Waals surface area contributed by atoms with Gasteiger partial charge in [-0.25, -0.2) is 9.79 Å². The Morgan fingerprint density at radius 2 is 2.12 bits per heavy atom. The van der Waals surface area contributed by atoms with Gasteiger partial charge in [-0.2, -0.15) is 0 Å². The van der Waals surface area contributed by atoms with Gasteiger partial charge in [0.05, 0.1) is 27.3 Å². The Hall–Kier alpha value is -3.41. The van der Waals surface area contributed by atoms with Crippen LogP contribution in [0, 0.1) is 10.1 Å². The highest BCUT2D eigenvalue weighted by Gasteiger charge is 2.34. The number of aromatic nitrogens is 1. The van der Waals surface area contributed by atoms with Crippen LogP contribution in [0.2, 0.25) is 0 Å². The SMILES string of the molecule is COCCOC(=O)C1=C(C)N=c2s/c(=C\c3cccc([N+](=O)[O-])c3)c(=O)n2[C@@H]1c1cccs1. The zero-order valence-electron chi connectivity index (χ0n) is 17.7. The third kappa shape index (κ3) is 4.56. The first kappa shape index (κ1) is 22.8. The number of methoxy groups -OCH3 is 1. The summed E-state index contributed by atoms with van der Waals surface area (Å²) in [4.78, 5) is 42.7. The summed E-state index contributed by atoms with van der Waals surface area (Å²) in [7, 11) is 1.51. The Morgan fingerprint density at radius 1 is 1.30 bits per heavy atom. The van der Waals surface area contributed by atoms with Gasteiger partial charge in [0.2, 0.25) is 0 Å². The van der Waals surface area contributed by atoms with Crippen LogP contribution in [0.25, 0.3) is 6.08 Å². The normalized spacial score (nSPS) is 15.8. The minimum atomic E-state index is -0.677. The van der Waals surface area contributed by atoms with E-state index in [1.54, 1.807) is 25.1 Å². The molecule has 4 rings (SSSR count). The van der Waals surface area contributed by atoms with Gasteiger partial charge in [-0.3, -0.25) is 19.5 Å². The van der Waals surface area contributed by atoms with Gasteiger partial charge in [0.1, 0.15) is 12.6 Å². The summed E-state index contributed by atoms with van der Waals surface area (Å²) in [6.45, 7) is 2.05. The number of carbonyl (C=O) groups is 1. The lowest BCUT2D eigenvalue weighted by molar-refractivity contribution is -0.384. The van der Waals surface area contributed by atoms with Crippen molar-refractivity contribution >= 4 is 40.4 Å². The topological polar surface area (TPSA) is 113 Å². The molecule has 0 saturated heterocycles. The maximum absolute atomic E-state index is 13.4. The number of rotatable bonds is 7. The van der Waals surface area contributed by atoms with Crippen molar-refractivity contribution in [2.75, 3.05) is 20.3 Å². The van der Waals surface area contributed by atoms with Crippen LogP contribution in [0.3, 0.4) is 0 Å². The van der Waals surface area contributed by atoms with Gasteiger partial charge < -0.3 is 9.47 Å². The minimum Gasteiger partial charge on any atom is -0.460 e. The van der Waals surface area contributed by atoms with E-state index < -0.39 is 16.9 Å². The quantitative estimate of drug-likeness (QED) is 0.220. The summed E-state index contributed by atoms with van der Waals surface area (Å²) in [5.41, 5.74) is 0.891. The molecule has 33 heavy (non-hydrogen) atoms. The molecule has 1 aliphatic heterocycles. The number of allylic oxidation sites excluding steroid dienone is 1. The maximum Gasteiger partial charge on any atom is 0.338 e. The second-order valence-electron chi connectivity index (χ2n) is 7.08. The third-order valence-electron chi connectivity index (χ3n) is 4.95. The van der Waals surface area contributed by atoms with Crippen molar-refractivity contribution in [2.45, 2.75) is 13.0 Å². The van der Waals surface area contributed by atoms with Crippen molar-refractivity contribution in [3.05, 3.63) is 93.3 Å². The Balaban J connectivity index is 1.85. The smallest absolute Gasteiger partial charge is 0.338 e. The first-order chi connectivity index (χ1) is 15.9. The molecule has 0 N–H and O–H groups in total. The van der Waals surface area contributed by atoms with E-state index in [0.29, 0.717) is 26.2 Å². The number of thiophene rings is 1. The molecule has 0 unspecified atom stereocenters. The highest BCUT2D eigenvalue weighted by atomic mass is 32.1. The van der Waals surface area contributed by atoms with E-state index in [0.717, 1.165) is 4.88 Å². The molecule has 11 heteroatoms. The number of ether oxygens (including phenoxy) is 2. The van der Waals surface area contributed by atoms with Crippen LogP contribution in [0.5, 0.6) is 0 Å². The maximum atomic E-state index is 13.4. The number of non-ortho nitro benzene ring substituents is 1. The van der Waals surface area contributed by atoms with E-state index in [9.17, 15) is 19.7 Å². The number of fused-ring (bicyclic) bond motifs is 1. The Morgan fingerprint density at radius 3 is 2.82 bits per heavy atom. The van der Waals surface area contributed by atoms with Crippen molar-refractivity contribution in [1.82, 2.24) is 4.57 Å². The lowest BCUT2D eigenvalue weighted by Gasteiger charge is -2.23. The van der Waals surface area contributed by atoms with Gasteiger partial charge >= 0.3 is 5.97 Å². The van der Waals surface area contributed by atoms with Gasteiger partial charge in [0, 0.05) is 24.1 Å². The molecule has 0 aliphatic carbocycles. The number of nitro groups is 1. The number of carbonyl (C=O) groups excluding carboxylic acids is 1. The van der Waals surface area contributed by atoms with Crippen molar-refractivity contribution in [3.63, 3.8) is 0 Å². The molecule has 0 saturated carbocycles. The van der Waals surface area contributed by atoms with Crippen LogP contribution < -0.4 is 14.9 Å². The first-order valence-corrected chi connectivity index (χ1v) is 11.6. The summed E-state index contributed by atoms with van der Waals surface area (Å²) in [5, 5.41) is 13.0. The number of esters is 1. The molecule has 1 aromatic carbocycles. The molecule has 1 aliphatic rings. The predicted molar refractivity (Wildman–Crippen MR) is 124 cm³/mol. The number of nitro benzene ring substituents is 1. The summed E-state index contributed by atoms with van der Waals surface area (Å²) in [6, 6.07) is 9.07. The molecule has 0 bridgehead atoms. The standard InChI is InChI=1S/C22H19N3O6S2/c1-13-18(21(27)31-9-8-30-2)19(16-7-4-10-32-16)24-20(26)17(33-22(24)23-13)12-14-5-3-6-15(11-14)25(28)29/h3-7,10-12,19H,8-9H2,1-2H3/b17-12-/t19-/m1/s1. The molecular formula is C22H19N3O6S2. The number of thiazole rings is 1. The predicted octanol–water partition coefficient (Wildman–Crippen LogP) is 2.39. The summed E-state index contributed by atoms with van der Waals surface area (Å²) in [5.74, 6) is -0.556. The van der Waals surface area contributed by atoms with Crippen molar-refractivity contribution in [1.29, 1.82) is 0 Å². The summed E-state index contributed by atoms with van der Waals surface area (Å²) < 4.78 is 12.1. The number of hydrogen-bond donors (Lipinski definition) is 0. The van der Waals surface area contributed by atoms with Gasteiger partial charge in [-0.1, -0.05) is 29.5 Å². The highest BCUT2D eigenvalue weighted by Crippen LogP contribution is 2.33. The fraction of sp³-hybridized carbons (Fsp3) is 0.227. The molecule has 0 radical (unpaired) electrons. The van der Waals surface area contributed by atoms with E-state index in [-0.39, 0.29) is 24.5 Å². The highest BCUT2D eigenvalue weighted by molar-refractivity contribution is 7.10. The van der Waals surface area contributed by atoms with Gasteiger partial charge in [0.15, 0.2) is 4.80 Å². The van der Waals surface area contributed by atoms with Crippen molar-refractivity contribution in [3.8, 4) is 0 Å². The van der Waals surface area contributed by atoms with Crippen LogP contribution in [-0.2, 0) is 14.3 Å². The largest absolute Gasteiger partial charge is 0.460 e. The van der Waals surface area contributed by atoms with E-state index in [4.69, 9.17) is 9.47 Å². The van der Waals surface area contributed by atoms with Gasteiger partial charge in [0.25, 0.3) is 11.2 Å². The molecular weight excluding hydrogens is 466 g/mol. The van der Waals surface area contributed by atoms with Crippen molar-refractivity contribution < 1.29 is 19.2 Å². The summed E-state index contributed by atoms with van der Waals surface area (Å²) >= 11 is 2.59. The fourth-order valence-corrected chi connectivity index (χ4v) is 5.34. The van der Waals surface area contributed by atoms with Crippen LogP contribution in [0.1, 0.15) is 23.4 Å². The Labute approximate surface area is 195 Å².